The lowest BCUT2D eigenvalue weighted by molar-refractivity contribution is -0.145. The Bertz CT molecular complexity index is 1330. The van der Waals surface area contributed by atoms with Crippen LogP contribution in [0.5, 0.6) is 5.75 Å². The zero-order chi connectivity index (χ0) is 31.6. The number of aliphatic hydroxyl groups is 1. The van der Waals surface area contributed by atoms with Gasteiger partial charge in [-0.1, -0.05) is 84.9 Å². The van der Waals surface area contributed by atoms with E-state index in [1.807, 2.05) is 84.9 Å². The molecule has 0 heterocycles. The number of aliphatic hydroxyl groups excluding tert-OH is 1. The van der Waals surface area contributed by atoms with Gasteiger partial charge in [0.15, 0.2) is 0 Å². The zero-order valence-corrected chi connectivity index (χ0v) is 25.0. The molecule has 3 aromatic carbocycles. The van der Waals surface area contributed by atoms with Crippen LogP contribution in [-0.4, -0.2) is 42.1 Å². The molecule has 0 saturated carbocycles. The highest BCUT2D eigenvalue weighted by Crippen LogP contribution is 2.19. The van der Waals surface area contributed by atoms with E-state index in [0.29, 0.717) is 19.4 Å². The van der Waals surface area contributed by atoms with E-state index in [-0.39, 0.29) is 50.3 Å². The fraction of sp³-hybridized carbons (Fsp3) is 0.306. The van der Waals surface area contributed by atoms with Crippen LogP contribution in [0.1, 0.15) is 48.4 Å². The normalized spacial score (nSPS) is 12.7. The van der Waals surface area contributed by atoms with Crippen LogP contribution in [0, 0.1) is 5.92 Å². The second-order valence-electron chi connectivity index (χ2n) is 10.5. The van der Waals surface area contributed by atoms with E-state index < -0.39 is 18.0 Å². The molecule has 3 unspecified atom stereocenters. The number of allylic oxidation sites excluding steroid dienone is 2. The summed E-state index contributed by atoms with van der Waals surface area (Å²) < 4.78 is 11.2. The third-order valence-corrected chi connectivity index (χ3v) is 6.98. The molecule has 0 radical (unpaired) electrons. The van der Waals surface area contributed by atoms with Gasteiger partial charge in [0.2, 0.25) is 11.8 Å². The second-order valence-corrected chi connectivity index (χ2v) is 10.5. The van der Waals surface area contributed by atoms with Crippen molar-refractivity contribution in [2.24, 2.45) is 5.92 Å². The Morgan fingerprint density at radius 2 is 1.52 bits per heavy atom. The highest BCUT2D eigenvalue weighted by atomic mass is 16.5. The van der Waals surface area contributed by atoms with Crippen molar-refractivity contribution < 1.29 is 29.0 Å². The molecule has 3 aromatic rings. The third kappa shape index (κ3) is 11.9. The smallest absolute Gasteiger partial charge is 0.306 e. The van der Waals surface area contributed by atoms with Gasteiger partial charge < -0.3 is 25.2 Å². The monoisotopic (exact) mass is 598 g/mol. The fourth-order valence-electron chi connectivity index (χ4n) is 4.57. The van der Waals surface area contributed by atoms with Crippen molar-refractivity contribution in [2.75, 3.05) is 13.2 Å². The Hall–Kier alpha value is -4.69. The Kier molecular flexibility index (Phi) is 14.4. The van der Waals surface area contributed by atoms with Gasteiger partial charge in [-0.15, -0.1) is 13.2 Å². The van der Waals surface area contributed by atoms with Crippen LogP contribution in [0.25, 0.3) is 0 Å². The number of ether oxygens (including phenoxy) is 2. The van der Waals surface area contributed by atoms with Gasteiger partial charge >= 0.3 is 5.97 Å². The van der Waals surface area contributed by atoms with E-state index in [9.17, 15) is 19.5 Å². The molecule has 3 atom stereocenters. The molecule has 0 aliphatic carbocycles. The molecule has 0 fully saturated rings. The molecular weight excluding hydrogens is 556 g/mol. The summed E-state index contributed by atoms with van der Waals surface area (Å²) in [5.41, 5.74) is 2.77. The maximum atomic E-state index is 13.3. The number of hydrogen-bond acceptors (Lipinski definition) is 6. The average molecular weight is 599 g/mol. The van der Waals surface area contributed by atoms with Crippen molar-refractivity contribution in [3.05, 3.63) is 127 Å². The average Bonchev–Trinajstić information content (AvgIpc) is 3.05. The largest absolute Gasteiger partial charge is 0.489 e. The van der Waals surface area contributed by atoms with E-state index in [1.165, 1.54) is 0 Å². The van der Waals surface area contributed by atoms with Crippen molar-refractivity contribution in [3.63, 3.8) is 0 Å². The molecule has 3 rings (SSSR count). The van der Waals surface area contributed by atoms with Crippen LogP contribution in [0.15, 0.2) is 110 Å². The summed E-state index contributed by atoms with van der Waals surface area (Å²) in [6.07, 6.45) is 4.53. The fourth-order valence-corrected chi connectivity index (χ4v) is 4.57. The first kappa shape index (κ1) is 33.8. The Labute approximate surface area is 259 Å². The first-order valence-corrected chi connectivity index (χ1v) is 14.8. The van der Waals surface area contributed by atoms with Gasteiger partial charge in [0.05, 0.1) is 24.6 Å². The van der Waals surface area contributed by atoms with Crippen LogP contribution in [0.3, 0.4) is 0 Å². The minimum Gasteiger partial charge on any atom is -0.489 e. The molecule has 3 N–H and O–H groups in total. The van der Waals surface area contributed by atoms with E-state index >= 15 is 0 Å². The molecule has 0 saturated heterocycles. The first-order chi connectivity index (χ1) is 21.4. The summed E-state index contributed by atoms with van der Waals surface area (Å²) >= 11 is 0. The molecule has 0 bridgehead atoms. The lowest BCUT2D eigenvalue weighted by atomic mass is 9.97. The lowest BCUT2D eigenvalue weighted by Crippen LogP contribution is -2.42. The first-order valence-electron chi connectivity index (χ1n) is 14.8. The highest BCUT2D eigenvalue weighted by molar-refractivity contribution is 5.86. The summed E-state index contributed by atoms with van der Waals surface area (Å²) in [4.78, 5) is 38.4. The second kappa shape index (κ2) is 18.8. The summed E-state index contributed by atoms with van der Waals surface area (Å²) in [5.74, 6) is -1.08. The Balaban J connectivity index is 1.55. The maximum Gasteiger partial charge on any atom is 0.306 e. The predicted molar refractivity (Wildman–Crippen MR) is 171 cm³/mol. The molecule has 0 aliphatic heterocycles. The third-order valence-electron chi connectivity index (χ3n) is 6.98. The molecule has 8 nitrogen and oxygen atoms in total. The summed E-state index contributed by atoms with van der Waals surface area (Å²) in [6.45, 7) is 7.52. The number of rotatable bonds is 19. The van der Waals surface area contributed by atoms with E-state index in [1.54, 1.807) is 12.2 Å². The highest BCUT2D eigenvalue weighted by Gasteiger charge is 2.26. The summed E-state index contributed by atoms with van der Waals surface area (Å²) in [5, 5.41) is 15.8. The molecule has 8 heteroatoms. The van der Waals surface area contributed by atoms with Gasteiger partial charge in [0.25, 0.3) is 0 Å². The molecular formula is C36H42N2O6. The molecule has 44 heavy (non-hydrogen) atoms. The van der Waals surface area contributed by atoms with Crippen LogP contribution < -0.4 is 15.4 Å². The number of hydrogen-bond donors (Lipinski definition) is 3. The minimum atomic E-state index is -0.699. The molecule has 0 aliphatic rings. The van der Waals surface area contributed by atoms with Gasteiger partial charge in [-0.05, 0) is 48.1 Å². The van der Waals surface area contributed by atoms with Crippen molar-refractivity contribution in [3.8, 4) is 5.75 Å². The van der Waals surface area contributed by atoms with E-state index in [4.69, 9.17) is 9.47 Å². The predicted octanol–water partition coefficient (Wildman–Crippen LogP) is 5.23. The molecule has 0 spiro atoms. The van der Waals surface area contributed by atoms with Crippen LogP contribution >= 0.6 is 0 Å². The van der Waals surface area contributed by atoms with Gasteiger partial charge in [-0.25, -0.2) is 0 Å². The van der Waals surface area contributed by atoms with Gasteiger partial charge in [0, 0.05) is 12.8 Å². The van der Waals surface area contributed by atoms with E-state index in [2.05, 4.69) is 23.8 Å². The van der Waals surface area contributed by atoms with Crippen LogP contribution in [0.4, 0.5) is 0 Å². The number of esters is 1. The van der Waals surface area contributed by atoms with Gasteiger partial charge in [-0.3, -0.25) is 14.4 Å². The van der Waals surface area contributed by atoms with E-state index in [0.717, 1.165) is 22.4 Å². The standard InChI is InChI=1S/C36H42N2O6/c1-3-5-17-35(41)44-26-33(29-15-10-7-11-16-29)38-36(42)30(12-4-2)23-34(40)37-31(24-39)22-27-18-20-32(21-19-27)43-25-28-13-8-6-9-14-28/h3-4,6-11,13-16,18-21,30-31,33,39H,1-2,5,12,17,22-26H2,(H,37,40)(H,38,42). The van der Waals surface area contributed by atoms with Crippen molar-refractivity contribution in [1.29, 1.82) is 0 Å². The number of nitrogens with one attached hydrogen (secondary N) is 2. The van der Waals surface area contributed by atoms with Crippen molar-refractivity contribution in [2.45, 2.75) is 50.8 Å². The lowest BCUT2D eigenvalue weighted by Gasteiger charge is -2.23. The van der Waals surface area contributed by atoms with Gasteiger partial charge in [-0.2, -0.15) is 0 Å². The Morgan fingerprint density at radius 1 is 0.841 bits per heavy atom. The maximum absolute atomic E-state index is 13.3. The van der Waals surface area contributed by atoms with Crippen LogP contribution in [0.2, 0.25) is 0 Å². The zero-order valence-electron chi connectivity index (χ0n) is 25.0. The Morgan fingerprint density at radius 3 is 2.16 bits per heavy atom. The van der Waals surface area contributed by atoms with Gasteiger partial charge in [0.1, 0.15) is 19.0 Å². The topological polar surface area (TPSA) is 114 Å². The number of carbonyl (C=O) groups is 3. The van der Waals surface area contributed by atoms with Crippen molar-refractivity contribution in [1.82, 2.24) is 10.6 Å². The SMILES string of the molecule is C=CCCC(=O)OCC(NC(=O)C(CC=C)CC(=O)NC(CO)Cc1ccc(OCc2ccccc2)cc1)c1ccccc1. The number of benzene rings is 3. The molecule has 232 valence electrons. The number of carbonyl (C=O) groups excluding carboxylic acids is 3. The summed E-state index contributed by atoms with van der Waals surface area (Å²) in [7, 11) is 0. The summed E-state index contributed by atoms with van der Waals surface area (Å²) in [6, 6.07) is 25.5. The molecule has 2 amide bonds. The molecule has 0 aromatic heterocycles. The number of amides is 2. The van der Waals surface area contributed by atoms with Crippen molar-refractivity contribution >= 4 is 17.8 Å². The van der Waals surface area contributed by atoms with Crippen LogP contribution in [-0.2, 0) is 32.1 Å². The quantitative estimate of drug-likeness (QED) is 0.129. The minimum absolute atomic E-state index is 0.0403.